The fourth-order valence-corrected chi connectivity index (χ4v) is 3.71. The first-order valence-electron chi connectivity index (χ1n) is 8.82. The Bertz CT molecular complexity index is 980. The van der Waals surface area contributed by atoms with Gasteiger partial charge in [0.05, 0.1) is 24.2 Å². The van der Waals surface area contributed by atoms with Crippen molar-refractivity contribution in [3.05, 3.63) is 53.0 Å². The van der Waals surface area contributed by atoms with Crippen LogP contribution in [0.15, 0.2) is 30.5 Å². The number of rotatable bonds is 3. The van der Waals surface area contributed by atoms with Crippen LogP contribution in [-0.4, -0.2) is 32.6 Å². The average molecular weight is 350 g/mol. The van der Waals surface area contributed by atoms with Gasteiger partial charge in [-0.15, -0.1) is 0 Å². The van der Waals surface area contributed by atoms with Crippen LogP contribution < -0.4 is 0 Å². The van der Waals surface area contributed by atoms with Crippen molar-refractivity contribution >= 4 is 5.97 Å². The van der Waals surface area contributed by atoms with E-state index in [0.717, 1.165) is 34.6 Å². The van der Waals surface area contributed by atoms with E-state index in [1.165, 1.54) is 5.56 Å². The predicted molar refractivity (Wildman–Crippen MR) is 98.6 cm³/mol. The molecule has 4 rings (SSSR count). The van der Waals surface area contributed by atoms with E-state index in [-0.39, 0.29) is 11.4 Å². The topological polar surface area (TPSA) is 72.8 Å². The first kappa shape index (κ1) is 16.6. The molecule has 0 unspecified atom stereocenters. The molecule has 0 bridgehead atoms. The van der Waals surface area contributed by atoms with Gasteiger partial charge in [-0.3, -0.25) is 5.10 Å². The molecule has 2 aromatic heterocycles. The number of aromatic nitrogens is 4. The number of aromatic amines is 1. The highest BCUT2D eigenvalue weighted by Gasteiger charge is 2.40. The second-order valence-electron chi connectivity index (χ2n) is 7.36. The summed E-state index contributed by atoms with van der Waals surface area (Å²) < 4.78 is 7.13. The van der Waals surface area contributed by atoms with Crippen molar-refractivity contribution in [3.63, 3.8) is 0 Å². The Hall–Kier alpha value is -2.89. The lowest BCUT2D eigenvalue weighted by atomic mass is 9.73. The molecule has 0 spiro atoms. The van der Waals surface area contributed by atoms with Crippen LogP contribution in [0.4, 0.5) is 0 Å². The molecule has 26 heavy (non-hydrogen) atoms. The molecule has 0 saturated carbocycles. The molecule has 3 aromatic rings. The fraction of sp³-hybridized carbons (Fsp3) is 0.350. The summed E-state index contributed by atoms with van der Waals surface area (Å²) in [6.45, 7) is 8.42. The molecular formula is C20H22N4O2. The van der Waals surface area contributed by atoms with Gasteiger partial charge < -0.3 is 4.74 Å². The SMILES string of the molecule is CCOC(=O)c1nn(-c2ccc(C)cc2)c2c1C(C)(C)Cc1[nH]ncc1-2. The largest absolute Gasteiger partial charge is 0.461 e. The van der Waals surface area contributed by atoms with Gasteiger partial charge in [0.1, 0.15) is 0 Å². The summed E-state index contributed by atoms with van der Waals surface area (Å²) >= 11 is 0. The number of nitrogens with one attached hydrogen (secondary N) is 1. The Labute approximate surface area is 152 Å². The third-order valence-electron chi connectivity index (χ3n) is 4.90. The number of ether oxygens (including phenoxy) is 1. The number of hydrogen-bond donors (Lipinski definition) is 1. The number of carbonyl (C=O) groups excluding carboxylic acids is 1. The van der Waals surface area contributed by atoms with E-state index < -0.39 is 0 Å². The molecule has 1 aliphatic rings. The molecule has 1 aliphatic carbocycles. The van der Waals surface area contributed by atoms with Crippen LogP contribution >= 0.6 is 0 Å². The maximum Gasteiger partial charge on any atom is 0.359 e. The van der Waals surface area contributed by atoms with Crippen molar-refractivity contribution in [2.45, 2.75) is 39.5 Å². The monoisotopic (exact) mass is 350 g/mol. The van der Waals surface area contributed by atoms with E-state index in [1.807, 2.05) is 42.1 Å². The molecule has 0 atom stereocenters. The van der Waals surface area contributed by atoms with Gasteiger partial charge in [0.15, 0.2) is 5.69 Å². The smallest absolute Gasteiger partial charge is 0.359 e. The van der Waals surface area contributed by atoms with Crippen LogP contribution in [-0.2, 0) is 16.6 Å². The van der Waals surface area contributed by atoms with Crippen LogP contribution in [0.5, 0.6) is 0 Å². The van der Waals surface area contributed by atoms with Gasteiger partial charge in [0, 0.05) is 16.8 Å². The van der Waals surface area contributed by atoms with E-state index in [4.69, 9.17) is 4.74 Å². The first-order chi connectivity index (χ1) is 12.4. The van der Waals surface area contributed by atoms with Crippen molar-refractivity contribution in [1.29, 1.82) is 0 Å². The molecule has 0 amide bonds. The second kappa shape index (κ2) is 5.83. The summed E-state index contributed by atoms with van der Waals surface area (Å²) in [7, 11) is 0. The molecule has 134 valence electrons. The van der Waals surface area contributed by atoms with Crippen LogP contribution in [0.25, 0.3) is 16.9 Å². The summed E-state index contributed by atoms with van der Waals surface area (Å²) in [4.78, 5) is 12.6. The van der Waals surface area contributed by atoms with Crippen LogP contribution in [0.3, 0.4) is 0 Å². The lowest BCUT2D eigenvalue weighted by molar-refractivity contribution is 0.0516. The molecule has 1 aromatic carbocycles. The van der Waals surface area contributed by atoms with Gasteiger partial charge >= 0.3 is 5.97 Å². The standard InChI is InChI=1S/C20H22N4O2/c1-5-26-19(25)17-16-18(14-11-21-22-15(14)10-20(16,3)4)24(23-17)13-8-6-12(2)7-9-13/h6-9,11H,5,10H2,1-4H3,(H,21,22). The lowest BCUT2D eigenvalue weighted by Gasteiger charge is -2.30. The normalized spacial score (nSPS) is 14.6. The maximum atomic E-state index is 12.6. The molecule has 0 aliphatic heterocycles. The Morgan fingerprint density at radius 1 is 1.31 bits per heavy atom. The number of esters is 1. The van der Waals surface area contributed by atoms with E-state index >= 15 is 0 Å². The van der Waals surface area contributed by atoms with Gasteiger partial charge in [-0.25, -0.2) is 9.48 Å². The van der Waals surface area contributed by atoms with Crippen LogP contribution in [0.2, 0.25) is 0 Å². The zero-order valence-corrected chi connectivity index (χ0v) is 15.5. The summed E-state index contributed by atoms with van der Waals surface area (Å²) in [5, 5.41) is 12.0. The summed E-state index contributed by atoms with van der Waals surface area (Å²) in [5.74, 6) is -0.380. The third kappa shape index (κ3) is 2.44. The van der Waals surface area contributed by atoms with Gasteiger partial charge in [-0.05, 0) is 37.8 Å². The summed E-state index contributed by atoms with van der Waals surface area (Å²) in [6, 6.07) is 8.10. The zero-order chi connectivity index (χ0) is 18.5. The minimum atomic E-state index is -0.380. The van der Waals surface area contributed by atoms with Gasteiger partial charge in [0.2, 0.25) is 0 Å². The second-order valence-corrected chi connectivity index (χ2v) is 7.36. The highest BCUT2D eigenvalue weighted by molar-refractivity contribution is 5.93. The van der Waals surface area contributed by atoms with E-state index in [1.54, 1.807) is 6.92 Å². The third-order valence-corrected chi connectivity index (χ3v) is 4.90. The van der Waals surface area contributed by atoms with E-state index in [9.17, 15) is 4.79 Å². The minimum Gasteiger partial charge on any atom is -0.461 e. The van der Waals surface area contributed by atoms with Crippen molar-refractivity contribution in [3.8, 4) is 16.9 Å². The number of fused-ring (bicyclic) bond motifs is 3. The van der Waals surface area contributed by atoms with Crippen molar-refractivity contribution in [2.75, 3.05) is 6.61 Å². The quantitative estimate of drug-likeness (QED) is 0.733. The van der Waals surface area contributed by atoms with E-state index in [2.05, 4.69) is 29.1 Å². The lowest BCUT2D eigenvalue weighted by Crippen LogP contribution is -2.27. The van der Waals surface area contributed by atoms with Crippen LogP contribution in [0, 0.1) is 6.92 Å². The van der Waals surface area contributed by atoms with Gasteiger partial charge in [-0.2, -0.15) is 10.2 Å². The molecule has 0 radical (unpaired) electrons. The number of hydrogen-bond acceptors (Lipinski definition) is 4. The highest BCUT2D eigenvalue weighted by atomic mass is 16.5. The Balaban J connectivity index is 2.02. The number of nitrogens with zero attached hydrogens (tertiary/aromatic N) is 3. The van der Waals surface area contributed by atoms with Crippen molar-refractivity contribution < 1.29 is 9.53 Å². The Kier molecular flexibility index (Phi) is 3.72. The number of carbonyl (C=O) groups is 1. The molecule has 6 nitrogen and oxygen atoms in total. The summed E-state index contributed by atoms with van der Waals surface area (Å²) in [6.07, 6.45) is 2.58. The molecule has 2 heterocycles. The summed E-state index contributed by atoms with van der Waals surface area (Å²) in [5.41, 5.74) is 6.09. The predicted octanol–water partition coefficient (Wildman–Crippen LogP) is 3.58. The van der Waals surface area contributed by atoms with Crippen molar-refractivity contribution in [1.82, 2.24) is 20.0 Å². The van der Waals surface area contributed by atoms with E-state index in [0.29, 0.717) is 12.3 Å². The molecule has 1 N–H and O–H groups in total. The number of benzene rings is 1. The fourth-order valence-electron chi connectivity index (χ4n) is 3.71. The number of H-pyrrole nitrogens is 1. The zero-order valence-electron chi connectivity index (χ0n) is 15.5. The maximum absolute atomic E-state index is 12.6. The minimum absolute atomic E-state index is 0.264. The van der Waals surface area contributed by atoms with Gasteiger partial charge in [0.25, 0.3) is 0 Å². The van der Waals surface area contributed by atoms with Crippen molar-refractivity contribution in [2.24, 2.45) is 0 Å². The average Bonchev–Trinajstić information content (AvgIpc) is 3.20. The molecular weight excluding hydrogens is 328 g/mol. The molecule has 0 saturated heterocycles. The Morgan fingerprint density at radius 2 is 2.04 bits per heavy atom. The highest BCUT2D eigenvalue weighted by Crippen LogP contribution is 2.45. The molecule has 6 heteroatoms. The van der Waals surface area contributed by atoms with Crippen LogP contribution in [0.1, 0.15) is 48.1 Å². The molecule has 0 fully saturated rings. The first-order valence-corrected chi connectivity index (χ1v) is 8.82. The van der Waals surface area contributed by atoms with Gasteiger partial charge in [-0.1, -0.05) is 31.5 Å². The Morgan fingerprint density at radius 3 is 2.73 bits per heavy atom. The number of aryl methyl sites for hydroxylation is 1.